The lowest BCUT2D eigenvalue weighted by molar-refractivity contribution is -0.131. The number of sulfonamides is 1. The molecule has 3 rings (SSSR count). The standard InChI is InChI=1S/C23H27ClN4O4S/c1-4-11-28(14-21-26-19-13-17(24)7-8-18(19)23(30)27-21)22(29)9-10-25-33(31,32)20-12-15(2)5-6-16(20)3/h5-8,12-13,25H,4,9-11,14H2,1-3H3,(H,26,27,30). The van der Waals surface area contributed by atoms with Crippen LogP contribution in [0.5, 0.6) is 0 Å². The van der Waals surface area contributed by atoms with Gasteiger partial charge in [-0.05, 0) is 55.7 Å². The smallest absolute Gasteiger partial charge is 0.258 e. The van der Waals surface area contributed by atoms with Crippen molar-refractivity contribution in [1.82, 2.24) is 19.6 Å². The molecule has 0 saturated carbocycles. The van der Waals surface area contributed by atoms with Gasteiger partial charge >= 0.3 is 0 Å². The Morgan fingerprint density at radius 3 is 2.67 bits per heavy atom. The van der Waals surface area contributed by atoms with Crippen LogP contribution in [0.15, 0.2) is 46.1 Å². The first kappa shape index (κ1) is 24.9. The number of aromatic nitrogens is 2. The van der Waals surface area contributed by atoms with Crippen molar-refractivity contribution in [3.63, 3.8) is 0 Å². The average Bonchev–Trinajstić information content (AvgIpc) is 2.74. The fourth-order valence-corrected chi connectivity index (χ4v) is 5.03. The third kappa shape index (κ3) is 6.19. The lowest BCUT2D eigenvalue weighted by Gasteiger charge is -2.22. The van der Waals surface area contributed by atoms with Gasteiger partial charge in [0.25, 0.3) is 5.56 Å². The number of aryl methyl sites for hydroxylation is 2. The zero-order valence-corrected chi connectivity index (χ0v) is 20.4. The van der Waals surface area contributed by atoms with Crippen LogP contribution in [-0.2, 0) is 21.4 Å². The summed E-state index contributed by atoms with van der Waals surface area (Å²) in [6.45, 7) is 6.00. The average molecular weight is 491 g/mol. The molecule has 176 valence electrons. The van der Waals surface area contributed by atoms with Crippen LogP contribution in [0, 0.1) is 13.8 Å². The van der Waals surface area contributed by atoms with Crippen molar-refractivity contribution in [3.8, 4) is 0 Å². The fourth-order valence-electron chi connectivity index (χ4n) is 3.50. The molecule has 0 aliphatic carbocycles. The number of carbonyl (C=O) groups excluding carboxylic acids is 1. The summed E-state index contributed by atoms with van der Waals surface area (Å²) in [4.78, 5) is 34.1. The number of hydrogen-bond donors (Lipinski definition) is 2. The third-order valence-corrected chi connectivity index (χ3v) is 7.01. The van der Waals surface area contributed by atoms with Gasteiger partial charge in [-0.3, -0.25) is 9.59 Å². The van der Waals surface area contributed by atoms with Crippen LogP contribution in [0.2, 0.25) is 5.02 Å². The Hall–Kier alpha value is -2.75. The van der Waals surface area contributed by atoms with Crippen LogP contribution in [0.25, 0.3) is 10.9 Å². The number of carbonyl (C=O) groups is 1. The molecular formula is C23H27ClN4O4S. The van der Waals surface area contributed by atoms with E-state index in [1.807, 2.05) is 19.9 Å². The van der Waals surface area contributed by atoms with Gasteiger partial charge in [-0.1, -0.05) is 30.7 Å². The number of fused-ring (bicyclic) bond motifs is 1. The van der Waals surface area contributed by atoms with Crippen molar-refractivity contribution in [2.75, 3.05) is 13.1 Å². The van der Waals surface area contributed by atoms with Crippen LogP contribution in [-0.4, -0.2) is 42.3 Å². The molecule has 0 saturated heterocycles. The minimum absolute atomic E-state index is 0.0201. The summed E-state index contributed by atoms with van der Waals surface area (Å²) in [7, 11) is -3.73. The number of benzene rings is 2. The summed E-state index contributed by atoms with van der Waals surface area (Å²) in [6.07, 6.45) is 0.678. The number of hydrogen-bond acceptors (Lipinski definition) is 5. The van der Waals surface area contributed by atoms with Gasteiger partial charge in [0.05, 0.1) is 22.3 Å². The summed E-state index contributed by atoms with van der Waals surface area (Å²) in [5.41, 5.74) is 1.62. The maximum absolute atomic E-state index is 12.8. The van der Waals surface area contributed by atoms with E-state index in [4.69, 9.17) is 11.6 Å². The van der Waals surface area contributed by atoms with E-state index in [-0.39, 0.29) is 35.9 Å². The topological polar surface area (TPSA) is 112 Å². The zero-order valence-electron chi connectivity index (χ0n) is 18.8. The molecule has 0 bridgehead atoms. The molecule has 8 nitrogen and oxygen atoms in total. The van der Waals surface area contributed by atoms with Crippen LogP contribution in [0.4, 0.5) is 0 Å². The molecule has 0 aliphatic heterocycles. The number of H-pyrrole nitrogens is 1. The quantitative estimate of drug-likeness (QED) is 0.478. The van der Waals surface area contributed by atoms with E-state index in [1.54, 1.807) is 42.2 Å². The molecule has 0 unspecified atom stereocenters. The molecule has 33 heavy (non-hydrogen) atoms. The summed E-state index contributed by atoms with van der Waals surface area (Å²) in [6, 6.07) is 10.0. The highest BCUT2D eigenvalue weighted by molar-refractivity contribution is 7.89. The Labute approximate surface area is 198 Å². The highest BCUT2D eigenvalue weighted by Crippen LogP contribution is 2.17. The molecule has 0 atom stereocenters. The number of nitrogens with zero attached hydrogens (tertiary/aromatic N) is 2. The minimum Gasteiger partial charge on any atom is -0.335 e. The van der Waals surface area contributed by atoms with Crippen molar-refractivity contribution in [2.24, 2.45) is 0 Å². The van der Waals surface area contributed by atoms with E-state index in [0.717, 1.165) is 5.56 Å². The first-order valence-electron chi connectivity index (χ1n) is 10.6. The molecule has 0 fully saturated rings. The van der Waals surface area contributed by atoms with Crippen LogP contribution < -0.4 is 10.3 Å². The normalized spacial score (nSPS) is 11.6. The maximum atomic E-state index is 12.8. The molecule has 1 aromatic heterocycles. The molecule has 3 aromatic rings. The number of aromatic amines is 1. The largest absolute Gasteiger partial charge is 0.335 e. The SMILES string of the molecule is CCCN(Cc1nc2cc(Cl)ccc2c(=O)[nH]1)C(=O)CCNS(=O)(=O)c1cc(C)ccc1C. The molecule has 2 aromatic carbocycles. The predicted molar refractivity (Wildman–Crippen MR) is 129 cm³/mol. The first-order chi connectivity index (χ1) is 15.6. The molecule has 0 spiro atoms. The van der Waals surface area contributed by atoms with E-state index in [0.29, 0.717) is 40.3 Å². The van der Waals surface area contributed by atoms with Gasteiger partial charge in [0.1, 0.15) is 5.82 Å². The number of amides is 1. The molecule has 2 N–H and O–H groups in total. The van der Waals surface area contributed by atoms with Crippen molar-refractivity contribution in [1.29, 1.82) is 0 Å². The van der Waals surface area contributed by atoms with Gasteiger partial charge in [-0.25, -0.2) is 18.1 Å². The molecule has 1 heterocycles. The molecule has 0 radical (unpaired) electrons. The number of nitrogens with one attached hydrogen (secondary N) is 2. The summed E-state index contributed by atoms with van der Waals surface area (Å²) in [5.74, 6) is 0.0990. The van der Waals surface area contributed by atoms with Crippen LogP contribution >= 0.6 is 11.6 Å². The minimum atomic E-state index is -3.73. The Balaban J connectivity index is 1.70. The molecule has 1 amide bonds. The van der Waals surface area contributed by atoms with Gasteiger partial charge in [-0.15, -0.1) is 0 Å². The number of rotatable bonds is 9. The van der Waals surface area contributed by atoms with Gasteiger partial charge < -0.3 is 9.88 Å². The Bertz CT molecular complexity index is 1340. The van der Waals surface area contributed by atoms with E-state index in [1.165, 1.54) is 0 Å². The lowest BCUT2D eigenvalue weighted by atomic mass is 10.2. The molecule has 0 aliphatic rings. The van der Waals surface area contributed by atoms with Crippen molar-refractivity contribution < 1.29 is 13.2 Å². The van der Waals surface area contributed by atoms with Gasteiger partial charge in [-0.2, -0.15) is 0 Å². The predicted octanol–water partition coefficient (Wildman–Crippen LogP) is 3.30. The molecule has 10 heteroatoms. The van der Waals surface area contributed by atoms with Crippen molar-refractivity contribution in [2.45, 2.75) is 45.1 Å². The van der Waals surface area contributed by atoms with E-state index >= 15 is 0 Å². The second-order valence-corrected chi connectivity index (χ2v) is 10.1. The molecular weight excluding hydrogens is 464 g/mol. The lowest BCUT2D eigenvalue weighted by Crippen LogP contribution is -2.35. The van der Waals surface area contributed by atoms with Gasteiger partial charge in [0, 0.05) is 24.5 Å². The summed E-state index contributed by atoms with van der Waals surface area (Å²) < 4.78 is 27.8. The van der Waals surface area contributed by atoms with Gasteiger partial charge in [0.15, 0.2) is 0 Å². The first-order valence-corrected chi connectivity index (χ1v) is 12.5. The zero-order chi connectivity index (χ0) is 24.2. The fraction of sp³-hybridized carbons (Fsp3) is 0.348. The van der Waals surface area contributed by atoms with Crippen LogP contribution in [0.1, 0.15) is 36.7 Å². The maximum Gasteiger partial charge on any atom is 0.258 e. The Morgan fingerprint density at radius 1 is 1.18 bits per heavy atom. The van der Waals surface area contributed by atoms with Crippen molar-refractivity contribution >= 4 is 38.4 Å². The van der Waals surface area contributed by atoms with E-state index in [9.17, 15) is 18.0 Å². The second kappa shape index (κ2) is 10.5. The Morgan fingerprint density at radius 2 is 1.94 bits per heavy atom. The summed E-state index contributed by atoms with van der Waals surface area (Å²) in [5, 5.41) is 0.876. The third-order valence-electron chi connectivity index (χ3n) is 5.17. The second-order valence-electron chi connectivity index (χ2n) is 7.91. The monoisotopic (exact) mass is 490 g/mol. The summed E-state index contributed by atoms with van der Waals surface area (Å²) >= 11 is 6.01. The van der Waals surface area contributed by atoms with Crippen LogP contribution in [0.3, 0.4) is 0 Å². The highest BCUT2D eigenvalue weighted by atomic mass is 35.5. The van der Waals surface area contributed by atoms with Crippen molar-refractivity contribution in [3.05, 3.63) is 68.7 Å². The number of halogens is 1. The van der Waals surface area contributed by atoms with E-state index in [2.05, 4.69) is 14.7 Å². The van der Waals surface area contributed by atoms with Gasteiger partial charge in [0.2, 0.25) is 15.9 Å². The Kier molecular flexibility index (Phi) is 7.88. The highest BCUT2D eigenvalue weighted by Gasteiger charge is 2.19. The van der Waals surface area contributed by atoms with E-state index < -0.39 is 10.0 Å².